The smallest absolute Gasteiger partial charge is 0.329 e. The highest BCUT2D eigenvalue weighted by Gasteiger charge is 2.34. The van der Waals surface area contributed by atoms with Crippen LogP contribution in [-0.4, -0.2) is 17.0 Å². The van der Waals surface area contributed by atoms with Crippen LogP contribution >= 0.6 is 11.9 Å². The van der Waals surface area contributed by atoms with E-state index in [1.807, 2.05) is 0 Å². The maximum Gasteiger partial charge on any atom is 0.329 e. The molecule has 1 saturated carbocycles. The summed E-state index contributed by atoms with van der Waals surface area (Å²) < 4.78 is 2.99. The Labute approximate surface area is 193 Å². The predicted octanol–water partition coefficient (Wildman–Crippen LogP) is 5.96. The Kier molecular flexibility index (Phi) is 5.13. The molecule has 0 aliphatic heterocycles. The number of hydrogen-bond acceptors (Lipinski definition) is 4. The van der Waals surface area contributed by atoms with Crippen molar-refractivity contribution in [3.63, 3.8) is 0 Å². The van der Waals surface area contributed by atoms with Crippen molar-refractivity contribution in [1.29, 1.82) is 0 Å². The molecule has 1 fully saturated rings. The quantitative estimate of drug-likeness (QED) is 0.309. The highest BCUT2D eigenvalue weighted by atomic mass is 32.2. The third-order valence-electron chi connectivity index (χ3n) is 7.94. The van der Waals surface area contributed by atoms with Gasteiger partial charge in [-0.2, -0.15) is 0 Å². The first-order valence-corrected chi connectivity index (χ1v) is 12.8. The monoisotopic (exact) mass is 447 g/mol. The normalized spacial score (nSPS) is 24.1. The van der Waals surface area contributed by atoms with Crippen LogP contribution in [0.1, 0.15) is 77.8 Å². The fourth-order valence-electron chi connectivity index (χ4n) is 6.42. The molecule has 6 heteroatoms. The van der Waals surface area contributed by atoms with Gasteiger partial charge in [-0.05, 0) is 122 Å². The summed E-state index contributed by atoms with van der Waals surface area (Å²) in [4.78, 5) is 13.8. The predicted molar refractivity (Wildman–Crippen MR) is 128 cm³/mol. The zero-order chi connectivity index (χ0) is 21.7. The van der Waals surface area contributed by atoms with Crippen LogP contribution in [0, 0.1) is 5.92 Å². The van der Waals surface area contributed by atoms with Gasteiger partial charge in [-0.1, -0.05) is 17.3 Å². The summed E-state index contributed by atoms with van der Waals surface area (Å²) in [5, 5.41) is 16.6. The van der Waals surface area contributed by atoms with E-state index in [4.69, 9.17) is 0 Å². The molecule has 32 heavy (non-hydrogen) atoms. The van der Waals surface area contributed by atoms with E-state index in [-0.39, 0.29) is 6.03 Å². The minimum absolute atomic E-state index is 0.171. The van der Waals surface area contributed by atoms with E-state index >= 15 is 0 Å². The standard InChI is InChI=1S/C26H29N3O2S/c30-26(27-25-21-5-1-3-17(21)13-18-4-2-6-22(18)25)29-32-19-11-12-20-15-7-9-16(10-8-15)24(28-31)23(20)14-19/h11-16,31H,1-10H2,(H2,27,29,30)/b28-24-. The van der Waals surface area contributed by atoms with Crippen LogP contribution in [0.15, 0.2) is 34.3 Å². The summed E-state index contributed by atoms with van der Waals surface area (Å²) in [6, 6.07) is 8.54. The molecule has 2 aromatic rings. The molecular formula is C26H29N3O2S. The molecule has 7 rings (SSSR count). The first-order chi connectivity index (χ1) is 15.7. The highest BCUT2D eigenvalue weighted by Crippen LogP contribution is 2.44. The van der Waals surface area contributed by atoms with Gasteiger partial charge in [-0.25, -0.2) is 4.79 Å². The second-order valence-corrected chi connectivity index (χ2v) is 10.6. The van der Waals surface area contributed by atoms with Gasteiger partial charge in [0.05, 0.1) is 5.71 Å². The minimum atomic E-state index is -0.171. The largest absolute Gasteiger partial charge is 0.411 e. The molecule has 0 heterocycles. The average molecular weight is 448 g/mol. The van der Waals surface area contributed by atoms with Crippen LogP contribution in [0.2, 0.25) is 0 Å². The van der Waals surface area contributed by atoms with Gasteiger partial charge in [-0.15, -0.1) is 0 Å². The Morgan fingerprint density at radius 1 is 0.938 bits per heavy atom. The number of oxime groups is 1. The molecule has 0 aromatic heterocycles. The highest BCUT2D eigenvalue weighted by molar-refractivity contribution is 7.98. The first-order valence-electron chi connectivity index (χ1n) is 12.0. The van der Waals surface area contributed by atoms with E-state index in [1.165, 1.54) is 52.6 Å². The van der Waals surface area contributed by atoms with Crippen molar-refractivity contribution >= 4 is 29.4 Å². The van der Waals surface area contributed by atoms with Gasteiger partial charge in [-0.3, -0.25) is 4.72 Å². The Bertz CT molecular complexity index is 1090. The van der Waals surface area contributed by atoms with Crippen molar-refractivity contribution in [1.82, 2.24) is 4.72 Å². The SMILES string of the molecule is O=C(NSc1ccc2c(c1)/C(=N\O)C1CCC2CC1)Nc1c2c(cc3c1CCC3)CCC2. The van der Waals surface area contributed by atoms with Gasteiger partial charge in [0.15, 0.2) is 0 Å². The zero-order valence-corrected chi connectivity index (χ0v) is 19.1. The maximum atomic E-state index is 12.9. The van der Waals surface area contributed by atoms with Gasteiger partial charge < -0.3 is 10.5 Å². The lowest BCUT2D eigenvalue weighted by Crippen LogP contribution is -2.24. The van der Waals surface area contributed by atoms with Gasteiger partial charge in [0.25, 0.3) is 0 Å². The molecule has 5 aliphatic rings. The molecule has 0 spiro atoms. The van der Waals surface area contributed by atoms with Crippen molar-refractivity contribution in [3.05, 3.63) is 57.6 Å². The second kappa shape index (κ2) is 8.14. The van der Waals surface area contributed by atoms with Crippen LogP contribution in [0.4, 0.5) is 10.5 Å². The molecule has 166 valence electrons. The number of urea groups is 1. The molecule has 5 nitrogen and oxygen atoms in total. The van der Waals surface area contributed by atoms with E-state index < -0.39 is 0 Å². The molecule has 2 bridgehead atoms. The summed E-state index contributed by atoms with van der Waals surface area (Å²) in [7, 11) is 0. The molecule has 2 aromatic carbocycles. The summed E-state index contributed by atoms with van der Waals surface area (Å²) in [5.41, 5.74) is 9.77. The lowest BCUT2D eigenvalue weighted by Gasteiger charge is -2.22. The molecule has 0 atom stereocenters. The molecule has 0 saturated heterocycles. The minimum Gasteiger partial charge on any atom is -0.411 e. The van der Waals surface area contributed by atoms with E-state index in [0.717, 1.165) is 73.2 Å². The topological polar surface area (TPSA) is 73.7 Å². The number of carbonyl (C=O) groups excluding carboxylic acids is 1. The maximum absolute atomic E-state index is 12.9. The van der Waals surface area contributed by atoms with E-state index in [0.29, 0.717) is 11.8 Å². The Hall–Kier alpha value is -2.47. The fourth-order valence-corrected chi connectivity index (χ4v) is 7.00. The van der Waals surface area contributed by atoms with Gasteiger partial charge in [0.1, 0.15) is 0 Å². The average Bonchev–Trinajstić information content (AvgIpc) is 3.42. The van der Waals surface area contributed by atoms with Gasteiger partial charge in [0, 0.05) is 22.1 Å². The van der Waals surface area contributed by atoms with Crippen LogP contribution in [0.5, 0.6) is 0 Å². The lowest BCUT2D eigenvalue weighted by molar-refractivity contribution is 0.257. The number of rotatable bonds is 3. The first kappa shape index (κ1) is 20.2. The third-order valence-corrected chi connectivity index (χ3v) is 8.71. The number of carbonyl (C=O) groups is 1. The van der Waals surface area contributed by atoms with Crippen molar-refractivity contribution in [2.24, 2.45) is 11.1 Å². The molecule has 0 unspecified atom stereocenters. The summed E-state index contributed by atoms with van der Waals surface area (Å²) in [6.07, 6.45) is 11.2. The van der Waals surface area contributed by atoms with Crippen LogP contribution in [0.3, 0.4) is 0 Å². The Balaban J connectivity index is 1.20. The molecule has 0 radical (unpaired) electrons. The lowest BCUT2D eigenvalue weighted by atomic mass is 9.82. The third kappa shape index (κ3) is 3.40. The number of nitrogens with one attached hydrogen (secondary N) is 2. The van der Waals surface area contributed by atoms with Crippen molar-refractivity contribution in [3.8, 4) is 0 Å². The number of hydrogen-bond donors (Lipinski definition) is 3. The number of anilines is 1. The fraction of sp³-hybridized carbons (Fsp3) is 0.462. The van der Waals surface area contributed by atoms with Crippen molar-refractivity contribution in [2.75, 3.05) is 5.32 Å². The molecule has 2 amide bonds. The summed E-state index contributed by atoms with van der Waals surface area (Å²) >= 11 is 1.33. The zero-order valence-electron chi connectivity index (χ0n) is 18.2. The van der Waals surface area contributed by atoms with Crippen LogP contribution < -0.4 is 10.0 Å². The van der Waals surface area contributed by atoms with Gasteiger partial charge >= 0.3 is 6.03 Å². The molecule has 5 aliphatic carbocycles. The second-order valence-electron chi connectivity index (χ2n) is 9.68. The number of nitrogens with zero attached hydrogens (tertiary/aromatic N) is 1. The molecular weight excluding hydrogens is 418 g/mol. The van der Waals surface area contributed by atoms with Crippen LogP contribution in [0.25, 0.3) is 0 Å². The van der Waals surface area contributed by atoms with E-state index in [9.17, 15) is 10.0 Å². The van der Waals surface area contributed by atoms with Gasteiger partial charge in [0.2, 0.25) is 0 Å². The summed E-state index contributed by atoms with van der Waals surface area (Å²) in [5.74, 6) is 0.898. The number of aryl methyl sites for hydroxylation is 2. The van der Waals surface area contributed by atoms with Crippen LogP contribution in [-0.2, 0) is 25.7 Å². The number of benzene rings is 2. The van der Waals surface area contributed by atoms with Crippen molar-refractivity contribution < 1.29 is 10.0 Å². The Morgan fingerprint density at radius 3 is 2.31 bits per heavy atom. The van der Waals surface area contributed by atoms with E-state index in [2.05, 4.69) is 39.5 Å². The number of amides is 2. The Morgan fingerprint density at radius 2 is 1.62 bits per heavy atom. The summed E-state index contributed by atoms with van der Waals surface area (Å²) in [6.45, 7) is 0. The molecule has 3 N–H and O–H groups in total. The van der Waals surface area contributed by atoms with E-state index in [1.54, 1.807) is 0 Å². The number of fused-ring (bicyclic) bond motifs is 4. The van der Waals surface area contributed by atoms with Crippen molar-refractivity contribution in [2.45, 2.75) is 75.0 Å².